The van der Waals surface area contributed by atoms with Gasteiger partial charge in [0.1, 0.15) is 0 Å². The quantitative estimate of drug-likeness (QED) is 0.445. The van der Waals surface area contributed by atoms with Crippen molar-refractivity contribution in [2.24, 2.45) is 51.8 Å². The van der Waals surface area contributed by atoms with E-state index in [0.29, 0.717) is 17.3 Å². The molecule has 0 heterocycles. The summed E-state index contributed by atoms with van der Waals surface area (Å²) in [6.45, 7) is 14.7. The molecule has 0 bridgehead atoms. The van der Waals surface area contributed by atoms with Crippen molar-refractivity contribution in [1.29, 1.82) is 0 Å². The van der Waals surface area contributed by atoms with E-state index in [1.807, 2.05) is 0 Å². The lowest BCUT2D eigenvalue weighted by molar-refractivity contribution is -0.151. The summed E-state index contributed by atoms with van der Waals surface area (Å²) in [5.41, 5.74) is 2.17. The van der Waals surface area contributed by atoms with Crippen molar-refractivity contribution in [1.82, 2.24) is 0 Å². The summed E-state index contributed by atoms with van der Waals surface area (Å²) in [7, 11) is 0. The summed E-state index contributed by atoms with van der Waals surface area (Å²) in [6.07, 6.45) is 14.9. The lowest BCUT2D eigenvalue weighted by atomic mass is 9.43. The van der Waals surface area contributed by atoms with Gasteiger partial charge in [0.2, 0.25) is 0 Å². The van der Waals surface area contributed by atoms with Gasteiger partial charge in [0, 0.05) is 5.41 Å². The van der Waals surface area contributed by atoms with Gasteiger partial charge in [-0.3, -0.25) is 0 Å². The van der Waals surface area contributed by atoms with E-state index in [2.05, 4.69) is 47.6 Å². The number of aliphatic hydroxyl groups excluding tert-OH is 2. The maximum absolute atomic E-state index is 10.8. The Balaban J connectivity index is 1.56. The average molecular weight is 431 g/mol. The van der Waals surface area contributed by atoms with E-state index in [1.165, 1.54) is 44.9 Å². The van der Waals surface area contributed by atoms with Gasteiger partial charge in [-0.15, -0.1) is 0 Å². The molecule has 0 unspecified atom stereocenters. The third-order valence-electron chi connectivity index (χ3n) is 11.3. The fourth-order valence-electron chi connectivity index (χ4n) is 9.38. The molecule has 3 fully saturated rings. The third kappa shape index (κ3) is 3.67. The first kappa shape index (κ1) is 23.8. The number of aliphatic hydroxyl groups is 2. The van der Waals surface area contributed by atoms with E-state index in [1.54, 1.807) is 5.57 Å². The molecule has 2 heteroatoms. The summed E-state index contributed by atoms with van der Waals surface area (Å²) in [6, 6.07) is 0. The maximum atomic E-state index is 10.8. The molecule has 4 aliphatic rings. The van der Waals surface area contributed by atoms with Crippen LogP contribution in [-0.4, -0.2) is 22.9 Å². The summed E-state index contributed by atoms with van der Waals surface area (Å²) < 4.78 is 0. The number of hydrogen-bond donors (Lipinski definition) is 2. The molecule has 178 valence electrons. The van der Waals surface area contributed by atoms with E-state index in [-0.39, 0.29) is 23.5 Å². The van der Waals surface area contributed by atoms with Crippen LogP contribution in [0, 0.1) is 51.8 Å². The van der Waals surface area contributed by atoms with Crippen molar-refractivity contribution in [2.45, 2.75) is 112 Å². The van der Waals surface area contributed by atoms with Crippen LogP contribution >= 0.6 is 0 Å². The highest BCUT2D eigenvalue weighted by Crippen LogP contribution is 2.68. The Bertz CT molecular complexity index is 682. The van der Waals surface area contributed by atoms with Crippen LogP contribution in [0.25, 0.3) is 0 Å². The SMILES string of the molecule is CC(C)CCC[C@@H](C)[C@H]1CC[C@H]2C3=CC[C@H]4[C@](C)(CO)[C@@H](O)CC[C@]4(C)[C@H]3CC[C@]12C. The van der Waals surface area contributed by atoms with Gasteiger partial charge in [0.25, 0.3) is 0 Å². The molecule has 2 N–H and O–H groups in total. The first-order chi connectivity index (χ1) is 14.6. The largest absolute Gasteiger partial charge is 0.396 e. The minimum absolute atomic E-state index is 0.113. The number of hydrogen-bond acceptors (Lipinski definition) is 2. The molecular weight excluding hydrogens is 380 g/mol. The second-order valence-corrected chi connectivity index (χ2v) is 13.4. The molecule has 31 heavy (non-hydrogen) atoms. The minimum Gasteiger partial charge on any atom is -0.396 e. The van der Waals surface area contributed by atoms with E-state index in [0.717, 1.165) is 42.9 Å². The van der Waals surface area contributed by atoms with Crippen molar-refractivity contribution in [2.75, 3.05) is 6.61 Å². The fourth-order valence-corrected chi connectivity index (χ4v) is 9.38. The molecule has 0 aromatic heterocycles. The maximum Gasteiger partial charge on any atom is 0.0618 e. The fraction of sp³-hybridized carbons (Fsp3) is 0.931. The zero-order valence-corrected chi connectivity index (χ0v) is 21.3. The van der Waals surface area contributed by atoms with E-state index in [9.17, 15) is 10.2 Å². The lowest BCUT2D eigenvalue weighted by Gasteiger charge is -2.62. The Kier molecular flexibility index (Phi) is 6.50. The second-order valence-electron chi connectivity index (χ2n) is 13.4. The smallest absolute Gasteiger partial charge is 0.0618 e. The van der Waals surface area contributed by atoms with Crippen LogP contribution in [0.1, 0.15) is 106 Å². The number of fused-ring (bicyclic) bond motifs is 5. The second kappa shape index (κ2) is 8.46. The summed E-state index contributed by atoms with van der Waals surface area (Å²) in [5.74, 6) is 4.40. The van der Waals surface area contributed by atoms with Gasteiger partial charge >= 0.3 is 0 Å². The Labute approximate surface area is 192 Å². The molecular formula is C29H50O2. The normalized spacial score (nSPS) is 48.0. The Morgan fingerprint density at radius 1 is 0.935 bits per heavy atom. The predicted molar refractivity (Wildman–Crippen MR) is 130 cm³/mol. The van der Waals surface area contributed by atoms with Crippen LogP contribution < -0.4 is 0 Å². The standard InChI is InChI=1S/C29H50O2/c1-19(2)8-7-9-20(3)22-11-12-23-21-10-13-25-28(5,24(21)14-16-27(22,23)4)17-15-26(31)29(25,6)18-30/h10,19-20,22-26,30-31H,7-9,11-18H2,1-6H3/t20-,22-,23+,24+,25-,26+,27-,28-,29+/m1/s1. The van der Waals surface area contributed by atoms with Crippen molar-refractivity contribution >= 4 is 0 Å². The first-order valence-electron chi connectivity index (χ1n) is 13.6. The van der Waals surface area contributed by atoms with E-state index >= 15 is 0 Å². The molecule has 4 aliphatic carbocycles. The minimum atomic E-state index is -0.359. The Morgan fingerprint density at radius 2 is 1.61 bits per heavy atom. The van der Waals surface area contributed by atoms with Crippen molar-refractivity contribution < 1.29 is 10.2 Å². The summed E-state index contributed by atoms with van der Waals surface area (Å²) in [4.78, 5) is 0. The Morgan fingerprint density at radius 3 is 2.29 bits per heavy atom. The third-order valence-corrected chi connectivity index (χ3v) is 11.3. The first-order valence-corrected chi connectivity index (χ1v) is 13.6. The molecule has 2 nitrogen and oxygen atoms in total. The van der Waals surface area contributed by atoms with Gasteiger partial charge in [-0.05, 0) is 91.3 Å². The van der Waals surface area contributed by atoms with E-state index in [4.69, 9.17) is 0 Å². The molecule has 0 radical (unpaired) electrons. The molecule has 0 aromatic rings. The molecule has 3 saturated carbocycles. The topological polar surface area (TPSA) is 40.5 Å². The monoisotopic (exact) mass is 430 g/mol. The molecule has 0 aromatic carbocycles. The predicted octanol–water partition coefficient (Wildman–Crippen LogP) is 7.00. The van der Waals surface area contributed by atoms with Crippen LogP contribution in [0.15, 0.2) is 11.6 Å². The van der Waals surface area contributed by atoms with Gasteiger partial charge in [0.05, 0.1) is 12.7 Å². The highest BCUT2D eigenvalue weighted by molar-refractivity contribution is 5.29. The summed E-state index contributed by atoms with van der Waals surface area (Å²) in [5, 5.41) is 21.1. The molecule has 0 aliphatic heterocycles. The lowest BCUT2D eigenvalue weighted by Crippen LogP contribution is -2.58. The molecule has 0 amide bonds. The van der Waals surface area contributed by atoms with Gasteiger partial charge in [-0.25, -0.2) is 0 Å². The van der Waals surface area contributed by atoms with Gasteiger partial charge in [-0.2, -0.15) is 0 Å². The van der Waals surface area contributed by atoms with Crippen LogP contribution in [0.2, 0.25) is 0 Å². The summed E-state index contributed by atoms with van der Waals surface area (Å²) >= 11 is 0. The van der Waals surface area contributed by atoms with Crippen molar-refractivity contribution in [3.63, 3.8) is 0 Å². The molecule has 0 spiro atoms. The van der Waals surface area contributed by atoms with E-state index < -0.39 is 0 Å². The zero-order valence-electron chi connectivity index (χ0n) is 21.3. The van der Waals surface area contributed by atoms with Gasteiger partial charge in [0.15, 0.2) is 0 Å². The Hall–Kier alpha value is -0.340. The molecule has 0 saturated heterocycles. The zero-order chi connectivity index (χ0) is 22.6. The van der Waals surface area contributed by atoms with Crippen LogP contribution in [0.5, 0.6) is 0 Å². The molecule has 9 atom stereocenters. The highest BCUT2D eigenvalue weighted by Gasteiger charge is 2.61. The highest BCUT2D eigenvalue weighted by atomic mass is 16.3. The number of rotatable bonds is 6. The van der Waals surface area contributed by atoms with Crippen LogP contribution in [0.3, 0.4) is 0 Å². The molecule has 4 rings (SSSR count). The van der Waals surface area contributed by atoms with Crippen LogP contribution in [0.4, 0.5) is 0 Å². The van der Waals surface area contributed by atoms with Gasteiger partial charge in [-0.1, -0.05) is 72.5 Å². The van der Waals surface area contributed by atoms with Crippen molar-refractivity contribution in [3.05, 3.63) is 11.6 Å². The van der Waals surface area contributed by atoms with Crippen LogP contribution in [-0.2, 0) is 0 Å². The number of allylic oxidation sites excluding steroid dienone is 2. The average Bonchev–Trinajstić information content (AvgIpc) is 3.08. The van der Waals surface area contributed by atoms with Crippen molar-refractivity contribution in [3.8, 4) is 0 Å². The van der Waals surface area contributed by atoms with Gasteiger partial charge < -0.3 is 10.2 Å².